The molecule has 1 atom stereocenters. The first-order valence-corrected chi connectivity index (χ1v) is 2.93. The molecule has 54 valence electrons. The Morgan fingerprint density at radius 3 is 2.33 bits per heavy atom. The smallest absolute Gasteiger partial charge is 0.219 e. The van der Waals surface area contributed by atoms with Crippen molar-refractivity contribution >= 4 is 5.91 Å². The largest absolute Gasteiger partial charge is 0.392 e. The molecule has 0 aliphatic heterocycles. The molecular formula is C6H13NO2. The molecule has 0 aromatic heterocycles. The minimum absolute atomic E-state index is 0.0177. The van der Waals surface area contributed by atoms with Crippen molar-refractivity contribution in [2.75, 3.05) is 13.6 Å². The van der Waals surface area contributed by atoms with Gasteiger partial charge in [-0.15, -0.1) is 0 Å². The molecule has 0 spiro atoms. The monoisotopic (exact) mass is 131 g/mol. The van der Waals surface area contributed by atoms with Crippen LogP contribution >= 0.6 is 0 Å². The van der Waals surface area contributed by atoms with Gasteiger partial charge in [-0.05, 0) is 6.92 Å². The van der Waals surface area contributed by atoms with Gasteiger partial charge in [0.25, 0.3) is 0 Å². The number of hydrogen-bond acceptors (Lipinski definition) is 2. The zero-order chi connectivity index (χ0) is 7.44. The highest BCUT2D eigenvalue weighted by Gasteiger charge is 2.03. The van der Waals surface area contributed by atoms with Crippen LogP contribution in [0.4, 0.5) is 0 Å². The molecule has 9 heavy (non-hydrogen) atoms. The third kappa shape index (κ3) is 3.97. The third-order valence-corrected chi connectivity index (χ3v) is 1.08. The van der Waals surface area contributed by atoms with Gasteiger partial charge in [0.1, 0.15) is 0 Å². The average molecular weight is 131 g/mol. The summed E-state index contributed by atoms with van der Waals surface area (Å²) in [5.41, 5.74) is 0. The molecule has 0 aliphatic rings. The van der Waals surface area contributed by atoms with Crippen LogP contribution in [0.15, 0.2) is 0 Å². The summed E-state index contributed by atoms with van der Waals surface area (Å²) < 4.78 is 0. The Morgan fingerprint density at radius 1 is 1.78 bits per heavy atom. The van der Waals surface area contributed by atoms with Crippen LogP contribution in [0.2, 0.25) is 0 Å². The predicted molar refractivity (Wildman–Crippen MR) is 35.0 cm³/mol. The van der Waals surface area contributed by atoms with E-state index in [1.807, 2.05) is 0 Å². The highest BCUT2D eigenvalue weighted by atomic mass is 16.3. The van der Waals surface area contributed by atoms with Gasteiger partial charge < -0.3 is 10.0 Å². The Morgan fingerprint density at radius 2 is 2.22 bits per heavy atom. The van der Waals surface area contributed by atoms with Crippen molar-refractivity contribution in [1.82, 2.24) is 4.90 Å². The van der Waals surface area contributed by atoms with Crippen LogP contribution in [0.1, 0.15) is 13.8 Å². The molecule has 3 heteroatoms. The highest BCUT2D eigenvalue weighted by molar-refractivity contribution is 5.72. The standard InChI is InChI=1S/C6H13NO2/c1-5(8)4-7(3)6(2)9/h5,8H,4H2,1-3H3. The van der Waals surface area contributed by atoms with Gasteiger partial charge in [0.15, 0.2) is 0 Å². The van der Waals surface area contributed by atoms with Gasteiger partial charge in [0, 0.05) is 20.5 Å². The molecule has 0 rings (SSSR count). The highest BCUT2D eigenvalue weighted by Crippen LogP contribution is 1.86. The van der Waals surface area contributed by atoms with Gasteiger partial charge in [-0.3, -0.25) is 4.79 Å². The maximum Gasteiger partial charge on any atom is 0.219 e. The first-order valence-electron chi connectivity index (χ1n) is 2.93. The van der Waals surface area contributed by atoms with Crippen LogP contribution in [0, 0.1) is 0 Å². The van der Waals surface area contributed by atoms with E-state index in [2.05, 4.69) is 0 Å². The van der Waals surface area contributed by atoms with Crippen LogP contribution in [0.5, 0.6) is 0 Å². The number of hydrogen-bond donors (Lipinski definition) is 1. The van der Waals surface area contributed by atoms with E-state index in [-0.39, 0.29) is 5.91 Å². The second-order valence-corrected chi connectivity index (χ2v) is 2.25. The summed E-state index contributed by atoms with van der Waals surface area (Å²) in [7, 11) is 1.66. The Balaban J connectivity index is 3.50. The summed E-state index contributed by atoms with van der Waals surface area (Å²) in [5.74, 6) is -0.0177. The Bertz CT molecular complexity index is 101. The van der Waals surface area contributed by atoms with Crippen molar-refractivity contribution in [1.29, 1.82) is 0 Å². The van der Waals surface area contributed by atoms with Gasteiger partial charge >= 0.3 is 0 Å². The van der Waals surface area contributed by atoms with Gasteiger partial charge in [0.05, 0.1) is 6.10 Å². The Hall–Kier alpha value is -0.570. The lowest BCUT2D eigenvalue weighted by Gasteiger charge is -2.15. The average Bonchev–Trinajstić information content (AvgIpc) is 1.63. The summed E-state index contributed by atoms with van der Waals surface area (Å²) in [5, 5.41) is 8.78. The van der Waals surface area contributed by atoms with Crippen molar-refractivity contribution in [3.05, 3.63) is 0 Å². The fourth-order valence-corrected chi connectivity index (χ4v) is 0.525. The van der Waals surface area contributed by atoms with E-state index in [1.54, 1.807) is 14.0 Å². The van der Waals surface area contributed by atoms with Crippen molar-refractivity contribution < 1.29 is 9.90 Å². The van der Waals surface area contributed by atoms with Crippen molar-refractivity contribution in [3.8, 4) is 0 Å². The number of aliphatic hydroxyl groups is 1. The normalized spacial score (nSPS) is 12.9. The number of aliphatic hydroxyl groups excluding tert-OH is 1. The zero-order valence-electron chi connectivity index (χ0n) is 6.09. The van der Waals surface area contributed by atoms with E-state index in [1.165, 1.54) is 11.8 Å². The van der Waals surface area contributed by atoms with Crippen molar-refractivity contribution in [2.45, 2.75) is 20.0 Å². The van der Waals surface area contributed by atoms with Crippen LogP contribution in [-0.2, 0) is 4.79 Å². The summed E-state index contributed by atoms with van der Waals surface area (Å²) in [6, 6.07) is 0. The summed E-state index contributed by atoms with van der Waals surface area (Å²) in [6.07, 6.45) is -0.432. The molecule has 0 radical (unpaired) electrons. The molecule has 0 aromatic rings. The molecule has 0 fully saturated rings. The second kappa shape index (κ2) is 3.45. The Kier molecular flexibility index (Phi) is 3.24. The molecule has 1 amide bonds. The van der Waals surface area contributed by atoms with Gasteiger partial charge in [-0.2, -0.15) is 0 Å². The molecule has 0 saturated carbocycles. The summed E-state index contributed by atoms with van der Waals surface area (Å²) >= 11 is 0. The fraction of sp³-hybridized carbons (Fsp3) is 0.833. The van der Waals surface area contributed by atoms with E-state index in [9.17, 15) is 4.79 Å². The molecule has 1 unspecified atom stereocenters. The van der Waals surface area contributed by atoms with Crippen molar-refractivity contribution in [3.63, 3.8) is 0 Å². The molecule has 0 saturated heterocycles. The zero-order valence-corrected chi connectivity index (χ0v) is 6.09. The summed E-state index contributed by atoms with van der Waals surface area (Å²) in [4.78, 5) is 12.0. The quantitative estimate of drug-likeness (QED) is 0.566. The second-order valence-electron chi connectivity index (χ2n) is 2.25. The SMILES string of the molecule is CC(=O)N(C)CC(C)O. The van der Waals surface area contributed by atoms with E-state index in [0.29, 0.717) is 6.54 Å². The fourth-order valence-electron chi connectivity index (χ4n) is 0.525. The lowest BCUT2D eigenvalue weighted by molar-refractivity contribution is -0.128. The molecule has 1 N–H and O–H groups in total. The van der Waals surface area contributed by atoms with E-state index in [0.717, 1.165) is 0 Å². The maximum atomic E-state index is 10.5. The van der Waals surface area contributed by atoms with Gasteiger partial charge in [-0.25, -0.2) is 0 Å². The maximum absolute atomic E-state index is 10.5. The van der Waals surface area contributed by atoms with Crippen LogP contribution in [0.25, 0.3) is 0 Å². The van der Waals surface area contributed by atoms with E-state index >= 15 is 0 Å². The minimum atomic E-state index is -0.432. The summed E-state index contributed by atoms with van der Waals surface area (Å²) in [6.45, 7) is 3.54. The van der Waals surface area contributed by atoms with Crippen molar-refractivity contribution in [2.24, 2.45) is 0 Å². The molecule has 3 nitrogen and oxygen atoms in total. The molecule has 0 aromatic carbocycles. The molecule has 0 heterocycles. The van der Waals surface area contributed by atoms with Crippen LogP contribution in [0.3, 0.4) is 0 Å². The molecular weight excluding hydrogens is 118 g/mol. The van der Waals surface area contributed by atoms with Crippen LogP contribution in [-0.4, -0.2) is 35.6 Å². The number of rotatable bonds is 2. The first-order chi connectivity index (χ1) is 4.04. The van der Waals surface area contributed by atoms with E-state index in [4.69, 9.17) is 5.11 Å². The topological polar surface area (TPSA) is 40.5 Å². The van der Waals surface area contributed by atoms with Gasteiger partial charge in [-0.1, -0.05) is 0 Å². The third-order valence-electron chi connectivity index (χ3n) is 1.08. The number of amides is 1. The van der Waals surface area contributed by atoms with E-state index < -0.39 is 6.10 Å². The molecule has 0 aliphatic carbocycles. The first kappa shape index (κ1) is 8.43. The lowest BCUT2D eigenvalue weighted by Crippen LogP contribution is -2.30. The number of carbonyl (C=O) groups excluding carboxylic acids is 1. The van der Waals surface area contributed by atoms with Crippen LogP contribution < -0.4 is 0 Å². The predicted octanol–water partition coefficient (Wildman–Crippen LogP) is -0.155. The number of nitrogens with zero attached hydrogens (tertiary/aromatic N) is 1. The number of likely N-dealkylation sites (N-methyl/N-ethyl adjacent to an activating group) is 1. The lowest BCUT2D eigenvalue weighted by atomic mass is 10.4. The number of carbonyl (C=O) groups is 1. The Labute approximate surface area is 55.3 Å². The van der Waals surface area contributed by atoms with Gasteiger partial charge in [0.2, 0.25) is 5.91 Å². The minimum Gasteiger partial charge on any atom is -0.392 e. The molecule has 0 bridgehead atoms.